The summed E-state index contributed by atoms with van der Waals surface area (Å²) in [6.45, 7) is 1.91. The lowest BCUT2D eigenvalue weighted by Crippen LogP contribution is -2.59. The van der Waals surface area contributed by atoms with Crippen molar-refractivity contribution >= 4 is 16.7 Å². The molecule has 4 aromatic rings. The maximum atomic E-state index is 5.02. The second kappa shape index (κ2) is 4.73. The molecular formula is C18H20N10. The van der Waals surface area contributed by atoms with Crippen LogP contribution in [0.4, 0.5) is 0 Å². The molecule has 28 heavy (non-hydrogen) atoms. The lowest BCUT2D eigenvalue weighted by molar-refractivity contribution is -0.0785. The largest absolute Gasteiger partial charge is 0.261 e. The van der Waals surface area contributed by atoms with Crippen molar-refractivity contribution in [2.24, 2.45) is 11.8 Å². The molecule has 8 rings (SSSR count). The van der Waals surface area contributed by atoms with Gasteiger partial charge in [-0.25, -0.2) is 14.5 Å². The second-order valence-electron chi connectivity index (χ2n) is 9.17. The molecule has 4 atom stereocenters. The van der Waals surface area contributed by atoms with Crippen molar-refractivity contribution in [3.8, 4) is 0 Å². The predicted molar refractivity (Wildman–Crippen MR) is 97.3 cm³/mol. The van der Waals surface area contributed by atoms with Gasteiger partial charge >= 0.3 is 0 Å². The molecule has 4 aliphatic rings. The van der Waals surface area contributed by atoms with Gasteiger partial charge in [-0.15, -0.1) is 15.3 Å². The maximum Gasteiger partial charge on any atom is 0.171 e. The number of nitrogens with zero attached hydrogens (tertiary/aromatic N) is 9. The molecule has 4 heterocycles. The molecule has 0 spiro atoms. The molecule has 4 bridgehead atoms. The van der Waals surface area contributed by atoms with Gasteiger partial charge in [-0.1, -0.05) is 0 Å². The molecule has 4 aromatic heterocycles. The molecule has 2 unspecified atom stereocenters. The molecule has 0 aromatic carbocycles. The Hall–Kier alpha value is -2.91. The topological polar surface area (TPSA) is 115 Å². The van der Waals surface area contributed by atoms with Crippen molar-refractivity contribution in [3.05, 3.63) is 24.2 Å². The Bertz CT molecular complexity index is 1220. The van der Waals surface area contributed by atoms with Gasteiger partial charge in [-0.05, 0) is 62.5 Å². The molecule has 142 valence electrons. The highest BCUT2D eigenvalue weighted by Crippen LogP contribution is 2.64. The molecular weight excluding hydrogens is 356 g/mol. The van der Waals surface area contributed by atoms with E-state index in [-0.39, 0.29) is 11.0 Å². The number of tetrazole rings is 1. The Labute approximate surface area is 159 Å². The molecule has 0 radical (unpaired) electrons. The summed E-state index contributed by atoms with van der Waals surface area (Å²) in [7, 11) is 0. The Morgan fingerprint density at radius 2 is 2.00 bits per heavy atom. The summed E-state index contributed by atoms with van der Waals surface area (Å²) in [6, 6.07) is 0. The van der Waals surface area contributed by atoms with E-state index in [2.05, 4.69) is 30.6 Å². The molecule has 0 amide bonds. The van der Waals surface area contributed by atoms with Crippen molar-refractivity contribution in [3.63, 3.8) is 0 Å². The van der Waals surface area contributed by atoms with Gasteiger partial charge in [0, 0.05) is 5.41 Å². The third-order valence-corrected chi connectivity index (χ3v) is 7.23. The van der Waals surface area contributed by atoms with E-state index in [0.717, 1.165) is 60.4 Å². The summed E-state index contributed by atoms with van der Waals surface area (Å²) in [5.41, 5.74) is 1.50. The number of hydrogen-bond acceptors (Lipinski definition) is 7. The lowest BCUT2D eigenvalue weighted by atomic mass is 9.46. The normalized spacial score (nSPS) is 34.0. The van der Waals surface area contributed by atoms with Crippen LogP contribution in [0, 0.1) is 18.8 Å². The summed E-state index contributed by atoms with van der Waals surface area (Å²) >= 11 is 0. The second-order valence-corrected chi connectivity index (χ2v) is 9.17. The number of nitrogens with one attached hydrogen (secondary N) is 1. The minimum atomic E-state index is -0.0496. The number of H-pyrrole nitrogens is 1. The fourth-order valence-corrected chi connectivity index (χ4v) is 6.66. The van der Waals surface area contributed by atoms with Crippen LogP contribution in [0.15, 0.2) is 12.5 Å². The molecule has 4 aliphatic carbocycles. The van der Waals surface area contributed by atoms with Gasteiger partial charge in [-0.2, -0.15) is 9.90 Å². The van der Waals surface area contributed by atoms with E-state index in [0.29, 0.717) is 11.8 Å². The highest BCUT2D eigenvalue weighted by molar-refractivity contribution is 5.87. The van der Waals surface area contributed by atoms with Gasteiger partial charge < -0.3 is 0 Å². The van der Waals surface area contributed by atoms with Crippen LogP contribution in [0.2, 0.25) is 0 Å². The van der Waals surface area contributed by atoms with E-state index >= 15 is 0 Å². The fourth-order valence-electron chi connectivity index (χ4n) is 6.66. The first-order valence-corrected chi connectivity index (χ1v) is 9.95. The summed E-state index contributed by atoms with van der Waals surface area (Å²) in [5.74, 6) is 3.03. The molecule has 0 aliphatic heterocycles. The molecule has 0 saturated heterocycles. The smallest absolute Gasteiger partial charge is 0.171 e. The predicted octanol–water partition coefficient (Wildman–Crippen LogP) is 1.54. The SMILES string of the molecule is Cc1nnn(C23C[C@@H]4C[C@@H](CC(c5nc6c7cn[nH]c7ncn6n5)(C4)C2)C3)n1. The quantitative estimate of drug-likeness (QED) is 0.564. The Balaban J connectivity index is 1.40. The van der Waals surface area contributed by atoms with E-state index < -0.39 is 0 Å². The molecule has 4 saturated carbocycles. The first-order chi connectivity index (χ1) is 13.6. The van der Waals surface area contributed by atoms with E-state index in [9.17, 15) is 0 Å². The highest BCUT2D eigenvalue weighted by atomic mass is 15.6. The van der Waals surface area contributed by atoms with Crippen molar-refractivity contribution in [2.75, 3.05) is 0 Å². The van der Waals surface area contributed by atoms with Gasteiger partial charge in [0.1, 0.15) is 6.33 Å². The number of aromatic amines is 1. The van der Waals surface area contributed by atoms with Crippen LogP contribution >= 0.6 is 0 Å². The lowest BCUT2D eigenvalue weighted by Gasteiger charge is -2.60. The average molecular weight is 376 g/mol. The third kappa shape index (κ3) is 1.80. The minimum absolute atomic E-state index is 0.0201. The zero-order valence-electron chi connectivity index (χ0n) is 15.6. The van der Waals surface area contributed by atoms with Crippen molar-refractivity contribution in [1.82, 2.24) is 50.0 Å². The summed E-state index contributed by atoms with van der Waals surface area (Å²) in [6.07, 6.45) is 10.4. The average Bonchev–Trinajstić information content (AvgIpc) is 3.38. The van der Waals surface area contributed by atoms with Crippen molar-refractivity contribution in [2.45, 2.75) is 56.4 Å². The monoisotopic (exact) mass is 376 g/mol. The first kappa shape index (κ1) is 15.1. The van der Waals surface area contributed by atoms with E-state index in [1.807, 2.05) is 11.7 Å². The fraction of sp³-hybridized carbons (Fsp3) is 0.611. The van der Waals surface area contributed by atoms with Crippen molar-refractivity contribution < 1.29 is 0 Å². The van der Waals surface area contributed by atoms with E-state index in [4.69, 9.17) is 10.1 Å². The molecule has 4 fully saturated rings. The zero-order chi connectivity index (χ0) is 18.5. The zero-order valence-corrected chi connectivity index (χ0v) is 15.6. The van der Waals surface area contributed by atoms with Crippen molar-refractivity contribution in [1.29, 1.82) is 0 Å². The van der Waals surface area contributed by atoms with Crippen LogP contribution < -0.4 is 0 Å². The number of aryl methyl sites for hydroxylation is 1. The van der Waals surface area contributed by atoms with Crippen LogP contribution in [-0.2, 0) is 11.0 Å². The highest BCUT2D eigenvalue weighted by Gasteiger charge is 2.61. The Morgan fingerprint density at radius 1 is 1.14 bits per heavy atom. The number of rotatable bonds is 2. The Morgan fingerprint density at radius 3 is 2.79 bits per heavy atom. The van der Waals surface area contributed by atoms with Gasteiger partial charge in [0.25, 0.3) is 0 Å². The number of fused-ring (bicyclic) bond motifs is 3. The number of hydrogen-bond donors (Lipinski definition) is 1. The Kier molecular flexibility index (Phi) is 2.55. The van der Waals surface area contributed by atoms with Gasteiger partial charge in [-0.3, -0.25) is 5.10 Å². The number of aromatic nitrogens is 10. The van der Waals surface area contributed by atoms with Gasteiger partial charge in [0.05, 0.1) is 17.1 Å². The van der Waals surface area contributed by atoms with Crippen LogP contribution in [0.3, 0.4) is 0 Å². The summed E-state index contributed by atoms with van der Waals surface area (Å²) < 4.78 is 1.80. The van der Waals surface area contributed by atoms with Crippen LogP contribution in [0.5, 0.6) is 0 Å². The van der Waals surface area contributed by atoms with E-state index in [1.54, 1.807) is 17.0 Å². The van der Waals surface area contributed by atoms with E-state index in [1.165, 1.54) is 6.42 Å². The van der Waals surface area contributed by atoms with Gasteiger partial charge in [0.15, 0.2) is 22.9 Å². The molecule has 10 heteroatoms. The molecule has 10 nitrogen and oxygen atoms in total. The minimum Gasteiger partial charge on any atom is -0.261 e. The van der Waals surface area contributed by atoms with Crippen LogP contribution in [0.1, 0.15) is 50.2 Å². The van der Waals surface area contributed by atoms with Crippen LogP contribution in [-0.4, -0.2) is 50.0 Å². The van der Waals surface area contributed by atoms with Gasteiger partial charge in [0.2, 0.25) is 0 Å². The summed E-state index contributed by atoms with van der Waals surface area (Å²) in [5, 5.41) is 26.0. The van der Waals surface area contributed by atoms with Crippen LogP contribution in [0.25, 0.3) is 16.7 Å². The summed E-state index contributed by atoms with van der Waals surface area (Å²) in [4.78, 5) is 11.3. The molecule has 1 N–H and O–H groups in total. The first-order valence-electron chi connectivity index (χ1n) is 9.95. The third-order valence-electron chi connectivity index (χ3n) is 7.23. The maximum absolute atomic E-state index is 5.02. The standard InChI is InChI=1S/C18H20N10/c1-10-22-26-28(24-10)18-5-11-2-12(6-18)4-17(3-11,8-18)16-21-15-13-7-20-23-14(13)19-9-27(15)25-16/h7,9,11-12H,2-6,8H2,1H3,(H,20,23)/t11-,12+,17?,18?.